The normalized spacial score (nSPS) is 13.8. The lowest BCUT2D eigenvalue weighted by Gasteiger charge is -2.28. The van der Waals surface area contributed by atoms with E-state index in [4.69, 9.17) is 44.6 Å². The molecule has 1 aliphatic heterocycles. The summed E-state index contributed by atoms with van der Waals surface area (Å²) in [4.78, 5) is 14.5. The van der Waals surface area contributed by atoms with Gasteiger partial charge in [0.2, 0.25) is 5.91 Å². The summed E-state index contributed by atoms with van der Waals surface area (Å²) in [5, 5.41) is 6.87. The number of hydrogen-bond donors (Lipinski definition) is 2. The Morgan fingerprint density at radius 2 is 1.79 bits per heavy atom. The maximum Gasteiger partial charge on any atom is 0.250 e. The van der Waals surface area contributed by atoms with Crippen LogP contribution in [0.2, 0.25) is 10.0 Å². The van der Waals surface area contributed by atoms with Crippen LogP contribution < -0.4 is 15.5 Å². The number of anilines is 2. The highest BCUT2D eigenvalue weighted by Crippen LogP contribution is 2.31. The number of furan rings is 1. The van der Waals surface area contributed by atoms with Gasteiger partial charge in [0.15, 0.2) is 5.11 Å². The molecule has 0 bridgehead atoms. The molecular formula is C24H21Cl2N3O3S. The van der Waals surface area contributed by atoms with E-state index in [1.165, 1.54) is 6.08 Å². The third kappa shape index (κ3) is 6.36. The third-order valence-corrected chi connectivity index (χ3v) is 5.71. The SMILES string of the molecule is O=C(/C=C/c1ccc(-c2ccc(Cl)cc2Cl)o1)NC(=S)Nc1ccc(N2CCOCC2)cc1. The first kappa shape index (κ1) is 23.3. The van der Waals surface area contributed by atoms with E-state index in [0.29, 0.717) is 21.6 Å². The molecule has 2 N–H and O–H groups in total. The van der Waals surface area contributed by atoms with Crippen LogP contribution in [0.4, 0.5) is 11.4 Å². The summed E-state index contributed by atoms with van der Waals surface area (Å²) in [5.74, 6) is 0.707. The smallest absolute Gasteiger partial charge is 0.250 e. The first-order chi connectivity index (χ1) is 16.0. The first-order valence-electron chi connectivity index (χ1n) is 10.3. The number of carbonyl (C=O) groups is 1. The van der Waals surface area contributed by atoms with Crippen molar-refractivity contribution in [2.75, 3.05) is 36.5 Å². The Hall–Kier alpha value is -2.84. The number of benzene rings is 2. The van der Waals surface area contributed by atoms with E-state index in [0.717, 1.165) is 43.2 Å². The van der Waals surface area contributed by atoms with Gasteiger partial charge in [0.05, 0.1) is 18.2 Å². The zero-order valence-corrected chi connectivity index (χ0v) is 19.8. The van der Waals surface area contributed by atoms with Gasteiger partial charge in [-0.15, -0.1) is 0 Å². The van der Waals surface area contributed by atoms with Crippen LogP contribution in [-0.4, -0.2) is 37.3 Å². The average molecular weight is 502 g/mol. The largest absolute Gasteiger partial charge is 0.457 e. The van der Waals surface area contributed by atoms with Crippen molar-refractivity contribution < 1.29 is 13.9 Å². The van der Waals surface area contributed by atoms with Gasteiger partial charge in [0.25, 0.3) is 0 Å². The molecule has 1 aromatic heterocycles. The Balaban J connectivity index is 1.29. The fourth-order valence-electron chi connectivity index (χ4n) is 3.33. The second-order valence-corrected chi connectivity index (χ2v) is 8.50. The Kier molecular flexibility index (Phi) is 7.67. The molecule has 33 heavy (non-hydrogen) atoms. The highest BCUT2D eigenvalue weighted by atomic mass is 35.5. The lowest BCUT2D eigenvalue weighted by Crippen LogP contribution is -2.36. The number of rotatable bonds is 5. The molecule has 6 nitrogen and oxygen atoms in total. The molecule has 9 heteroatoms. The molecular weight excluding hydrogens is 481 g/mol. The fraction of sp³-hybridized carbons (Fsp3) is 0.167. The predicted octanol–water partition coefficient (Wildman–Crippen LogP) is 5.62. The van der Waals surface area contributed by atoms with E-state index in [-0.39, 0.29) is 11.0 Å². The van der Waals surface area contributed by atoms with Crippen molar-refractivity contribution in [3.8, 4) is 11.3 Å². The summed E-state index contributed by atoms with van der Waals surface area (Å²) in [6.07, 6.45) is 2.91. The van der Waals surface area contributed by atoms with Crippen molar-refractivity contribution in [1.82, 2.24) is 5.32 Å². The van der Waals surface area contributed by atoms with Gasteiger partial charge >= 0.3 is 0 Å². The summed E-state index contributed by atoms with van der Waals surface area (Å²) in [7, 11) is 0. The highest BCUT2D eigenvalue weighted by molar-refractivity contribution is 7.80. The maximum atomic E-state index is 12.2. The molecule has 2 aromatic carbocycles. The van der Waals surface area contributed by atoms with Gasteiger partial charge in [-0.05, 0) is 72.9 Å². The molecule has 0 unspecified atom stereocenters. The lowest BCUT2D eigenvalue weighted by atomic mass is 10.2. The van der Waals surface area contributed by atoms with Crippen molar-refractivity contribution in [1.29, 1.82) is 0 Å². The zero-order chi connectivity index (χ0) is 23.2. The van der Waals surface area contributed by atoms with Crippen LogP contribution in [0.5, 0.6) is 0 Å². The number of nitrogens with zero attached hydrogens (tertiary/aromatic N) is 1. The summed E-state index contributed by atoms with van der Waals surface area (Å²) >= 11 is 17.4. The molecule has 3 aromatic rings. The van der Waals surface area contributed by atoms with E-state index < -0.39 is 0 Å². The number of halogens is 2. The molecule has 1 fully saturated rings. The summed E-state index contributed by atoms with van der Waals surface area (Å²) in [5.41, 5.74) is 2.63. The van der Waals surface area contributed by atoms with Gasteiger partial charge in [0.1, 0.15) is 11.5 Å². The van der Waals surface area contributed by atoms with Gasteiger partial charge in [0, 0.05) is 41.1 Å². The average Bonchev–Trinajstić information content (AvgIpc) is 3.27. The molecule has 0 saturated carbocycles. The number of morpholine rings is 1. The molecule has 0 aliphatic carbocycles. The third-order valence-electron chi connectivity index (χ3n) is 4.96. The number of ether oxygens (including phenoxy) is 1. The number of thiocarbonyl (C=S) groups is 1. The molecule has 0 spiro atoms. The van der Waals surface area contributed by atoms with Crippen LogP contribution in [-0.2, 0) is 9.53 Å². The Bertz CT molecular complexity index is 1170. The van der Waals surface area contributed by atoms with Crippen LogP contribution in [0.3, 0.4) is 0 Å². The number of carbonyl (C=O) groups excluding carboxylic acids is 1. The van der Waals surface area contributed by atoms with Crippen LogP contribution >= 0.6 is 35.4 Å². The number of nitrogens with one attached hydrogen (secondary N) is 2. The van der Waals surface area contributed by atoms with Crippen molar-refractivity contribution in [2.45, 2.75) is 0 Å². The minimum Gasteiger partial charge on any atom is -0.457 e. The molecule has 0 atom stereocenters. The van der Waals surface area contributed by atoms with E-state index >= 15 is 0 Å². The minimum atomic E-state index is -0.375. The fourth-order valence-corrected chi connectivity index (χ4v) is 4.05. The molecule has 170 valence electrons. The van der Waals surface area contributed by atoms with Gasteiger partial charge < -0.3 is 19.4 Å². The van der Waals surface area contributed by atoms with Crippen molar-refractivity contribution in [3.05, 3.63) is 76.5 Å². The van der Waals surface area contributed by atoms with Crippen molar-refractivity contribution in [2.24, 2.45) is 0 Å². The molecule has 4 rings (SSSR count). The molecule has 1 aliphatic rings. The Labute approximate surface area is 207 Å². The van der Waals surface area contributed by atoms with Crippen molar-refractivity contribution in [3.63, 3.8) is 0 Å². The van der Waals surface area contributed by atoms with E-state index in [2.05, 4.69) is 15.5 Å². The van der Waals surface area contributed by atoms with Gasteiger partial charge in [-0.1, -0.05) is 23.2 Å². The monoisotopic (exact) mass is 501 g/mol. The molecule has 1 amide bonds. The van der Waals surface area contributed by atoms with Crippen LogP contribution in [0.25, 0.3) is 17.4 Å². The second-order valence-electron chi connectivity index (χ2n) is 7.25. The Morgan fingerprint density at radius 1 is 1.03 bits per heavy atom. The van der Waals surface area contributed by atoms with E-state index in [1.54, 1.807) is 36.4 Å². The van der Waals surface area contributed by atoms with Crippen LogP contribution in [0.1, 0.15) is 5.76 Å². The highest BCUT2D eigenvalue weighted by Gasteiger charge is 2.11. The zero-order valence-electron chi connectivity index (χ0n) is 17.5. The summed E-state index contributed by atoms with van der Waals surface area (Å²) in [6.45, 7) is 3.21. The maximum absolute atomic E-state index is 12.2. The standard InChI is InChI=1S/C24H21Cl2N3O3S/c25-16-1-8-20(21(26)15-16)22-9-6-19(32-22)7-10-23(30)28-24(33)27-17-2-4-18(5-3-17)29-11-13-31-14-12-29/h1-10,15H,11-14H2,(H2,27,28,30,33)/b10-7+. The minimum absolute atomic E-state index is 0.205. The lowest BCUT2D eigenvalue weighted by molar-refractivity contribution is -0.115. The van der Waals surface area contributed by atoms with E-state index in [1.807, 2.05) is 24.3 Å². The van der Waals surface area contributed by atoms with Crippen molar-refractivity contribution >= 4 is 63.9 Å². The second kappa shape index (κ2) is 10.9. The summed E-state index contributed by atoms with van der Waals surface area (Å²) < 4.78 is 11.1. The van der Waals surface area contributed by atoms with Crippen LogP contribution in [0.15, 0.2) is 65.1 Å². The van der Waals surface area contributed by atoms with Gasteiger partial charge in [-0.25, -0.2) is 0 Å². The van der Waals surface area contributed by atoms with Crippen LogP contribution in [0, 0.1) is 0 Å². The number of amides is 1. The van der Waals surface area contributed by atoms with Gasteiger partial charge in [-0.3, -0.25) is 10.1 Å². The molecule has 2 heterocycles. The number of hydrogen-bond acceptors (Lipinski definition) is 5. The molecule has 0 radical (unpaired) electrons. The Morgan fingerprint density at radius 3 is 2.52 bits per heavy atom. The first-order valence-corrected chi connectivity index (χ1v) is 11.4. The van der Waals surface area contributed by atoms with Gasteiger partial charge in [-0.2, -0.15) is 0 Å². The van der Waals surface area contributed by atoms with E-state index in [9.17, 15) is 4.79 Å². The predicted molar refractivity (Wildman–Crippen MR) is 137 cm³/mol. The summed E-state index contributed by atoms with van der Waals surface area (Å²) in [6, 6.07) is 16.6. The molecule has 1 saturated heterocycles. The topological polar surface area (TPSA) is 66.7 Å². The quantitative estimate of drug-likeness (QED) is 0.349.